The van der Waals surface area contributed by atoms with Gasteiger partial charge in [0.25, 0.3) is 0 Å². The number of aromatic amines is 1. The minimum absolute atomic E-state index is 0.270. The second kappa shape index (κ2) is 5.72. The van der Waals surface area contributed by atoms with Gasteiger partial charge in [-0.15, -0.1) is 0 Å². The summed E-state index contributed by atoms with van der Waals surface area (Å²) in [6, 6.07) is 0. The monoisotopic (exact) mass is 338 g/mol. The van der Waals surface area contributed by atoms with Crippen molar-refractivity contribution in [2.45, 2.75) is 38.1 Å². The van der Waals surface area contributed by atoms with E-state index in [1.54, 1.807) is 6.33 Å². The van der Waals surface area contributed by atoms with Crippen molar-refractivity contribution in [1.82, 2.24) is 29.5 Å². The molecular weight excluding hydrogens is 316 g/mol. The van der Waals surface area contributed by atoms with Crippen LogP contribution in [0, 0.1) is 5.92 Å². The van der Waals surface area contributed by atoms with Crippen molar-refractivity contribution >= 4 is 22.9 Å². The summed E-state index contributed by atoms with van der Waals surface area (Å²) in [5.74, 6) is 3.59. The Labute approximate surface area is 145 Å². The van der Waals surface area contributed by atoms with E-state index in [1.165, 1.54) is 18.7 Å². The lowest BCUT2D eigenvalue weighted by Crippen LogP contribution is -2.36. The Morgan fingerprint density at radius 2 is 2.12 bits per heavy atom. The quantitative estimate of drug-likeness (QED) is 0.753. The highest BCUT2D eigenvalue weighted by molar-refractivity contribution is 5.84. The number of imidazole rings is 2. The molecule has 1 atom stereocenters. The zero-order valence-corrected chi connectivity index (χ0v) is 14.1. The van der Waals surface area contributed by atoms with E-state index >= 15 is 0 Å². The van der Waals surface area contributed by atoms with E-state index in [1.807, 2.05) is 6.20 Å². The van der Waals surface area contributed by atoms with Crippen LogP contribution in [0.2, 0.25) is 0 Å². The van der Waals surface area contributed by atoms with Crippen molar-refractivity contribution in [3.05, 3.63) is 24.5 Å². The van der Waals surface area contributed by atoms with Gasteiger partial charge in [-0.25, -0.2) is 9.97 Å². The van der Waals surface area contributed by atoms with Gasteiger partial charge in [0, 0.05) is 37.9 Å². The van der Waals surface area contributed by atoms with Crippen molar-refractivity contribution < 1.29 is 0 Å². The van der Waals surface area contributed by atoms with Gasteiger partial charge in [-0.2, -0.15) is 9.97 Å². The van der Waals surface area contributed by atoms with Crippen molar-refractivity contribution in [2.24, 2.45) is 5.92 Å². The molecule has 0 unspecified atom stereocenters. The van der Waals surface area contributed by atoms with Crippen LogP contribution in [0.5, 0.6) is 0 Å². The maximum Gasteiger partial charge on any atom is 0.224 e. The van der Waals surface area contributed by atoms with Gasteiger partial charge in [0.05, 0.1) is 6.33 Å². The van der Waals surface area contributed by atoms with Crippen LogP contribution < -0.4 is 10.6 Å². The van der Waals surface area contributed by atoms with Crippen LogP contribution >= 0.6 is 0 Å². The minimum atomic E-state index is 0.270. The summed E-state index contributed by atoms with van der Waals surface area (Å²) in [6.07, 6.45) is 10.7. The third-order valence-electron chi connectivity index (χ3n) is 5.27. The first-order chi connectivity index (χ1) is 12.3. The van der Waals surface area contributed by atoms with E-state index < -0.39 is 0 Å². The molecule has 0 spiro atoms. The van der Waals surface area contributed by atoms with Crippen LogP contribution in [0.25, 0.3) is 11.2 Å². The highest BCUT2D eigenvalue weighted by Gasteiger charge is 2.29. The number of piperidine rings is 1. The van der Waals surface area contributed by atoms with Crippen LogP contribution in [-0.4, -0.2) is 42.6 Å². The Kier molecular flexibility index (Phi) is 3.36. The molecule has 1 aliphatic heterocycles. The first-order valence-electron chi connectivity index (χ1n) is 9.00. The number of hydrogen-bond acceptors (Lipinski definition) is 6. The predicted octanol–water partition coefficient (Wildman–Crippen LogP) is 1.93. The number of rotatable bonds is 4. The largest absolute Gasteiger partial charge is 0.368 e. The van der Waals surface area contributed by atoms with Crippen molar-refractivity contribution in [3.63, 3.8) is 0 Å². The molecule has 2 aliphatic rings. The Bertz CT molecular complexity index is 893. The van der Waals surface area contributed by atoms with Gasteiger partial charge < -0.3 is 20.2 Å². The molecule has 3 aromatic heterocycles. The van der Waals surface area contributed by atoms with Crippen LogP contribution in [0.3, 0.4) is 0 Å². The average Bonchev–Trinajstić information content (AvgIpc) is 3.11. The second-order valence-corrected chi connectivity index (χ2v) is 7.17. The fourth-order valence-electron chi connectivity index (χ4n) is 3.86. The maximum absolute atomic E-state index is 5.89. The van der Waals surface area contributed by atoms with E-state index in [-0.39, 0.29) is 5.95 Å². The first-order valence-corrected chi connectivity index (χ1v) is 9.00. The highest BCUT2D eigenvalue weighted by Crippen LogP contribution is 2.34. The van der Waals surface area contributed by atoms with E-state index in [0.29, 0.717) is 11.6 Å². The maximum atomic E-state index is 5.89. The molecule has 3 N–H and O–H groups in total. The number of nitrogens with one attached hydrogen (secondary N) is 1. The minimum Gasteiger partial charge on any atom is -0.368 e. The molecule has 2 fully saturated rings. The summed E-state index contributed by atoms with van der Waals surface area (Å²) in [5, 5.41) is 0. The van der Waals surface area contributed by atoms with Crippen LogP contribution in [0.1, 0.15) is 37.4 Å². The molecule has 0 bridgehead atoms. The summed E-state index contributed by atoms with van der Waals surface area (Å²) in [6.45, 7) is 2.97. The van der Waals surface area contributed by atoms with E-state index in [9.17, 15) is 0 Å². The highest BCUT2D eigenvalue weighted by atomic mass is 15.2. The predicted molar refractivity (Wildman–Crippen MR) is 95.2 cm³/mol. The smallest absolute Gasteiger partial charge is 0.224 e. The summed E-state index contributed by atoms with van der Waals surface area (Å²) in [7, 11) is 0. The number of anilines is 2. The first kappa shape index (κ1) is 14.7. The molecule has 0 radical (unpaired) electrons. The second-order valence-electron chi connectivity index (χ2n) is 7.17. The SMILES string of the molecule is Nc1nc(N2CCC[C@H](c3nccn3CC3CC3)C2)c2[nH]cnc2n1. The standard InChI is InChI=1S/C17H22N8/c18-17-22-14-13(20-10-21-14)16(23-17)24-6-1-2-12(9-24)15-19-5-7-25(15)8-11-3-4-11/h5,7,10-12H,1-4,6,8-9H2,(H3,18,20,21,22,23)/t12-/m0/s1. The average molecular weight is 338 g/mol. The lowest BCUT2D eigenvalue weighted by Gasteiger charge is -2.33. The van der Waals surface area contributed by atoms with Gasteiger partial charge in [0.2, 0.25) is 5.95 Å². The molecule has 8 nitrogen and oxygen atoms in total. The third kappa shape index (κ3) is 2.71. The zero-order chi connectivity index (χ0) is 16.8. The molecule has 1 aliphatic carbocycles. The van der Waals surface area contributed by atoms with E-state index in [2.05, 4.69) is 40.6 Å². The Morgan fingerprint density at radius 1 is 1.20 bits per heavy atom. The molecule has 3 aromatic rings. The molecule has 5 rings (SSSR count). The van der Waals surface area contributed by atoms with Crippen LogP contribution in [0.4, 0.5) is 11.8 Å². The number of nitrogen functional groups attached to an aromatic ring is 1. The zero-order valence-electron chi connectivity index (χ0n) is 14.1. The molecule has 25 heavy (non-hydrogen) atoms. The molecule has 0 aromatic carbocycles. The Balaban J connectivity index is 1.44. The molecule has 0 amide bonds. The van der Waals surface area contributed by atoms with E-state index in [4.69, 9.17) is 5.73 Å². The molecular formula is C17H22N8. The fourth-order valence-corrected chi connectivity index (χ4v) is 3.86. The number of fused-ring (bicyclic) bond motifs is 1. The number of nitrogens with zero attached hydrogens (tertiary/aromatic N) is 6. The summed E-state index contributed by atoms with van der Waals surface area (Å²) in [5.41, 5.74) is 7.37. The van der Waals surface area contributed by atoms with Gasteiger partial charge in [0.15, 0.2) is 11.5 Å². The van der Waals surface area contributed by atoms with E-state index in [0.717, 1.165) is 49.7 Å². The fraction of sp³-hybridized carbons (Fsp3) is 0.529. The van der Waals surface area contributed by atoms with Gasteiger partial charge in [-0.3, -0.25) is 0 Å². The van der Waals surface area contributed by atoms with Gasteiger partial charge in [-0.05, 0) is 31.6 Å². The normalized spacial score (nSPS) is 21.1. The van der Waals surface area contributed by atoms with Crippen molar-refractivity contribution in [3.8, 4) is 0 Å². The number of hydrogen-bond donors (Lipinski definition) is 2. The molecule has 1 saturated heterocycles. The summed E-state index contributed by atoms with van der Waals surface area (Å²) < 4.78 is 2.35. The number of aromatic nitrogens is 6. The van der Waals surface area contributed by atoms with Crippen LogP contribution in [0.15, 0.2) is 18.7 Å². The van der Waals surface area contributed by atoms with Gasteiger partial charge in [0.1, 0.15) is 11.3 Å². The number of H-pyrrole nitrogens is 1. The lowest BCUT2D eigenvalue weighted by atomic mass is 9.97. The number of nitrogens with two attached hydrogens (primary N) is 1. The Morgan fingerprint density at radius 3 is 3.00 bits per heavy atom. The summed E-state index contributed by atoms with van der Waals surface area (Å²) >= 11 is 0. The lowest BCUT2D eigenvalue weighted by molar-refractivity contribution is 0.462. The molecule has 1 saturated carbocycles. The topological polar surface area (TPSA) is 102 Å². The van der Waals surface area contributed by atoms with Gasteiger partial charge >= 0.3 is 0 Å². The van der Waals surface area contributed by atoms with Crippen LogP contribution in [-0.2, 0) is 6.54 Å². The third-order valence-corrected chi connectivity index (χ3v) is 5.27. The van der Waals surface area contributed by atoms with Crippen molar-refractivity contribution in [2.75, 3.05) is 23.7 Å². The molecule has 8 heteroatoms. The van der Waals surface area contributed by atoms with Crippen molar-refractivity contribution in [1.29, 1.82) is 0 Å². The summed E-state index contributed by atoms with van der Waals surface area (Å²) in [4.78, 5) is 23.0. The Hall–Kier alpha value is -2.64. The molecule has 4 heterocycles. The van der Waals surface area contributed by atoms with Gasteiger partial charge in [-0.1, -0.05) is 0 Å². The molecule has 130 valence electrons.